The van der Waals surface area contributed by atoms with Gasteiger partial charge in [0, 0.05) is 50.0 Å². The number of halogens is 1. The van der Waals surface area contributed by atoms with Gasteiger partial charge in [-0.3, -0.25) is 4.79 Å². The topological polar surface area (TPSA) is 99.3 Å². The Labute approximate surface area is 232 Å². The third kappa shape index (κ3) is 7.42. The molecule has 11 heteroatoms. The molecule has 2 atom stereocenters. The molecule has 39 heavy (non-hydrogen) atoms. The molecule has 2 aliphatic heterocycles. The van der Waals surface area contributed by atoms with E-state index < -0.39 is 22.2 Å². The molecule has 0 bridgehead atoms. The van der Waals surface area contributed by atoms with Gasteiger partial charge >= 0.3 is 6.09 Å². The van der Waals surface area contributed by atoms with Crippen molar-refractivity contribution in [1.82, 2.24) is 14.5 Å². The third-order valence-corrected chi connectivity index (χ3v) is 9.63. The van der Waals surface area contributed by atoms with Crippen LogP contribution in [0.15, 0.2) is 18.2 Å². The highest BCUT2D eigenvalue weighted by Crippen LogP contribution is 2.39. The lowest BCUT2D eigenvalue weighted by Crippen LogP contribution is -2.54. The number of hydrogen-bond donors (Lipinski definition) is 1. The molecule has 0 radical (unpaired) electrons. The molecule has 2 heterocycles. The first-order chi connectivity index (χ1) is 18.3. The molecule has 1 aromatic carbocycles. The standard InChI is InChI=1S/C28H43FN4O5S/c1-20(19-33-24-11-10-23(29)17-22(24)18-28(33,2)3)30-27(35)38-25(16-21-8-6-5-7-9-21)26(34)31-12-14-32(15-13-31)39(4,36)37/h10-11,17,20-21,25H,5-9,12-16,18-19H2,1-4H3,(H,30,35)/t20-,25?/m0/s1. The first-order valence-corrected chi connectivity index (χ1v) is 16.0. The zero-order valence-electron chi connectivity index (χ0n) is 23.6. The van der Waals surface area contributed by atoms with Gasteiger partial charge in [0.25, 0.3) is 5.91 Å². The van der Waals surface area contributed by atoms with Crippen molar-refractivity contribution in [2.75, 3.05) is 43.9 Å². The van der Waals surface area contributed by atoms with Crippen molar-refractivity contribution < 1.29 is 27.1 Å². The van der Waals surface area contributed by atoms with Gasteiger partial charge in [0.15, 0.2) is 6.10 Å². The Morgan fingerprint density at radius 1 is 1.13 bits per heavy atom. The Balaban J connectivity index is 1.38. The van der Waals surface area contributed by atoms with Crippen LogP contribution in [0.2, 0.25) is 0 Å². The van der Waals surface area contributed by atoms with Gasteiger partial charge in [0.05, 0.1) is 6.26 Å². The Kier molecular flexibility index (Phi) is 9.10. The molecule has 218 valence electrons. The zero-order valence-corrected chi connectivity index (χ0v) is 24.4. The maximum atomic E-state index is 13.8. The summed E-state index contributed by atoms with van der Waals surface area (Å²) in [6.07, 6.45) is 6.24. The highest BCUT2D eigenvalue weighted by Gasteiger charge is 2.38. The number of anilines is 1. The number of alkyl carbamates (subject to hydrolysis) is 1. The first-order valence-electron chi connectivity index (χ1n) is 14.1. The van der Waals surface area contributed by atoms with E-state index in [2.05, 4.69) is 24.1 Å². The summed E-state index contributed by atoms with van der Waals surface area (Å²) < 4.78 is 44.7. The number of sulfonamides is 1. The van der Waals surface area contributed by atoms with Crippen LogP contribution in [0.4, 0.5) is 14.9 Å². The molecule has 9 nitrogen and oxygen atoms in total. The highest BCUT2D eigenvalue weighted by molar-refractivity contribution is 7.88. The number of rotatable bonds is 8. The van der Waals surface area contributed by atoms with Gasteiger partial charge in [-0.05, 0) is 63.3 Å². The number of hydrogen-bond acceptors (Lipinski definition) is 6. The van der Waals surface area contributed by atoms with Crippen molar-refractivity contribution >= 4 is 27.7 Å². The third-order valence-electron chi connectivity index (χ3n) is 8.32. The highest BCUT2D eigenvalue weighted by atomic mass is 32.2. The summed E-state index contributed by atoms with van der Waals surface area (Å²) in [5.41, 5.74) is 1.68. The van der Waals surface area contributed by atoms with Crippen molar-refractivity contribution in [3.63, 3.8) is 0 Å². The lowest BCUT2D eigenvalue weighted by molar-refractivity contribution is -0.142. The molecule has 2 fully saturated rings. The van der Waals surface area contributed by atoms with E-state index in [-0.39, 0.29) is 49.5 Å². The molecule has 1 unspecified atom stereocenters. The second-order valence-electron chi connectivity index (χ2n) is 12.0. The minimum Gasteiger partial charge on any atom is -0.436 e. The van der Waals surface area contributed by atoms with Crippen molar-refractivity contribution in [1.29, 1.82) is 0 Å². The van der Waals surface area contributed by atoms with Gasteiger partial charge in [-0.2, -0.15) is 4.31 Å². The molecule has 1 aromatic rings. The van der Waals surface area contributed by atoms with Crippen LogP contribution in [0, 0.1) is 11.7 Å². The number of amides is 2. The van der Waals surface area contributed by atoms with Crippen LogP contribution in [0.1, 0.15) is 64.9 Å². The van der Waals surface area contributed by atoms with Crippen molar-refractivity contribution in [2.24, 2.45) is 5.92 Å². The Hall–Kier alpha value is -2.40. The molecule has 1 N–H and O–H groups in total. The number of fused-ring (bicyclic) bond motifs is 1. The number of benzene rings is 1. The van der Waals surface area contributed by atoms with Gasteiger partial charge in [-0.25, -0.2) is 17.6 Å². The minimum atomic E-state index is -3.31. The molecule has 0 aromatic heterocycles. The van der Waals surface area contributed by atoms with E-state index in [4.69, 9.17) is 4.74 Å². The molecule has 1 aliphatic carbocycles. The van der Waals surface area contributed by atoms with Crippen LogP contribution in [-0.2, 0) is 26.0 Å². The molecular weight excluding hydrogens is 523 g/mol. The van der Waals surface area contributed by atoms with Crippen LogP contribution in [0.5, 0.6) is 0 Å². The van der Waals surface area contributed by atoms with E-state index in [1.54, 1.807) is 17.0 Å². The summed E-state index contributed by atoms with van der Waals surface area (Å²) in [4.78, 5) is 30.3. The number of piperazine rings is 1. The molecule has 1 saturated heterocycles. The Morgan fingerprint density at radius 3 is 2.44 bits per heavy atom. The van der Waals surface area contributed by atoms with Crippen LogP contribution in [0.25, 0.3) is 0 Å². The van der Waals surface area contributed by atoms with Gasteiger partial charge in [0.1, 0.15) is 5.82 Å². The van der Waals surface area contributed by atoms with Gasteiger partial charge in [-0.1, -0.05) is 32.1 Å². The monoisotopic (exact) mass is 566 g/mol. The molecule has 2 amide bonds. The zero-order chi connectivity index (χ0) is 28.4. The minimum absolute atomic E-state index is 0.233. The van der Waals surface area contributed by atoms with E-state index >= 15 is 0 Å². The van der Waals surface area contributed by atoms with Crippen LogP contribution in [0.3, 0.4) is 0 Å². The summed E-state index contributed by atoms with van der Waals surface area (Å²) in [6, 6.07) is 4.53. The second kappa shape index (κ2) is 12.0. The smallest absolute Gasteiger partial charge is 0.408 e. The van der Waals surface area contributed by atoms with E-state index in [1.165, 1.54) is 23.0 Å². The average molecular weight is 567 g/mol. The van der Waals surface area contributed by atoms with E-state index in [1.807, 2.05) is 6.92 Å². The average Bonchev–Trinajstić information content (AvgIpc) is 3.11. The summed E-state index contributed by atoms with van der Waals surface area (Å²) >= 11 is 0. The molecule has 1 saturated carbocycles. The summed E-state index contributed by atoms with van der Waals surface area (Å²) in [7, 11) is -3.31. The van der Waals surface area contributed by atoms with Gasteiger partial charge in [-0.15, -0.1) is 0 Å². The molecule has 4 rings (SSSR count). The predicted octanol–water partition coefficient (Wildman–Crippen LogP) is 3.52. The van der Waals surface area contributed by atoms with E-state index in [0.717, 1.165) is 36.9 Å². The van der Waals surface area contributed by atoms with Crippen LogP contribution in [-0.4, -0.2) is 86.3 Å². The van der Waals surface area contributed by atoms with Crippen LogP contribution < -0.4 is 10.2 Å². The first kappa shape index (κ1) is 29.6. The van der Waals surface area contributed by atoms with Gasteiger partial charge < -0.3 is 19.9 Å². The van der Waals surface area contributed by atoms with E-state index in [0.29, 0.717) is 25.3 Å². The molecular formula is C28H43FN4O5S. The lowest BCUT2D eigenvalue weighted by atomic mass is 9.85. The lowest BCUT2D eigenvalue weighted by Gasteiger charge is -2.37. The number of nitrogens with one attached hydrogen (secondary N) is 1. The predicted molar refractivity (Wildman–Crippen MR) is 149 cm³/mol. The SMILES string of the molecule is C[C@@H](CN1c2ccc(F)cc2CC1(C)C)NC(=O)OC(CC1CCCCC1)C(=O)N1CCN(S(C)(=O)=O)CC1. The van der Waals surface area contributed by atoms with E-state index in [9.17, 15) is 22.4 Å². The van der Waals surface area contributed by atoms with Gasteiger partial charge in [0.2, 0.25) is 10.0 Å². The largest absolute Gasteiger partial charge is 0.436 e. The molecule has 0 spiro atoms. The van der Waals surface area contributed by atoms with Crippen LogP contribution >= 0.6 is 0 Å². The van der Waals surface area contributed by atoms with Crippen molar-refractivity contribution in [3.8, 4) is 0 Å². The summed E-state index contributed by atoms with van der Waals surface area (Å²) in [5.74, 6) is -0.196. The Morgan fingerprint density at radius 2 is 1.79 bits per heavy atom. The number of carbonyl (C=O) groups is 2. The fourth-order valence-corrected chi connectivity index (χ4v) is 7.07. The summed E-state index contributed by atoms with van der Waals surface area (Å²) in [6.45, 7) is 7.62. The Bertz CT molecular complexity index is 1150. The maximum Gasteiger partial charge on any atom is 0.408 e. The molecule has 3 aliphatic rings. The fraction of sp³-hybridized carbons (Fsp3) is 0.714. The number of carbonyl (C=O) groups excluding carboxylic acids is 2. The second-order valence-corrected chi connectivity index (χ2v) is 14.0. The normalized spacial score (nSPS) is 21.8. The van der Waals surface area contributed by atoms with Crippen molar-refractivity contribution in [2.45, 2.75) is 83.4 Å². The summed E-state index contributed by atoms with van der Waals surface area (Å²) in [5, 5.41) is 2.90. The quantitative estimate of drug-likeness (QED) is 0.517. The van der Waals surface area contributed by atoms with Crippen molar-refractivity contribution in [3.05, 3.63) is 29.6 Å². The maximum absolute atomic E-state index is 13.8. The number of ether oxygens (including phenoxy) is 1. The fourth-order valence-electron chi connectivity index (χ4n) is 6.24. The number of nitrogens with zero attached hydrogens (tertiary/aromatic N) is 3.